The van der Waals surface area contributed by atoms with Crippen molar-refractivity contribution in [3.05, 3.63) is 41.8 Å². The molecule has 3 nitrogen and oxygen atoms in total. The molecule has 1 atom stereocenters. The van der Waals surface area contributed by atoms with Crippen LogP contribution in [0.25, 0.3) is 21.7 Å². The summed E-state index contributed by atoms with van der Waals surface area (Å²) in [5, 5.41) is 5.64. The number of nitrogens with one attached hydrogen (secondary N) is 1. The van der Waals surface area contributed by atoms with Gasteiger partial charge in [0.15, 0.2) is 5.82 Å². The Morgan fingerprint density at radius 1 is 1.24 bits per heavy atom. The summed E-state index contributed by atoms with van der Waals surface area (Å²) in [5.74, 6) is 1.83. The third kappa shape index (κ3) is 2.49. The zero-order valence-electron chi connectivity index (χ0n) is 12.0. The lowest BCUT2D eigenvalue weighted by Gasteiger charge is -2.24. The maximum Gasteiger partial charge on any atom is 0.151 e. The molecule has 0 spiro atoms. The van der Waals surface area contributed by atoms with Crippen molar-refractivity contribution in [2.75, 3.05) is 13.1 Å². The van der Waals surface area contributed by atoms with E-state index in [1.165, 1.54) is 29.8 Å². The summed E-state index contributed by atoms with van der Waals surface area (Å²) in [6.07, 6.45) is 2.59. The first-order chi connectivity index (χ1) is 10.4. The largest absolute Gasteiger partial charge is 0.323 e. The highest BCUT2D eigenvalue weighted by Crippen LogP contribution is 2.29. The molecule has 1 aromatic carbocycles. The topological polar surface area (TPSA) is 29.9 Å². The molecule has 0 amide bonds. The second kappa shape index (κ2) is 5.62. The van der Waals surface area contributed by atoms with Crippen molar-refractivity contribution in [3.63, 3.8) is 0 Å². The fourth-order valence-corrected chi connectivity index (χ4v) is 3.91. The highest BCUT2D eigenvalue weighted by atomic mass is 32.1. The maximum atomic E-state index is 4.87. The second-order valence-electron chi connectivity index (χ2n) is 5.72. The van der Waals surface area contributed by atoms with Crippen LogP contribution in [-0.2, 0) is 6.54 Å². The molecule has 0 bridgehead atoms. The summed E-state index contributed by atoms with van der Waals surface area (Å²) in [6, 6.07) is 12.8. The second-order valence-corrected chi connectivity index (χ2v) is 6.67. The van der Waals surface area contributed by atoms with E-state index in [2.05, 4.69) is 51.7 Å². The van der Waals surface area contributed by atoms with E-state index in [0.29, 0.717) is 5.92 Å². The number of hydrogen-bond donors (Lipinski definition) is 1. The number of rotatable bonds is 3. The number of para-hydroxylation sites is 2. The monoisotopic (exact) mass is 297 g/mol. The number of thiophene rings is 1. The van der Waals surface area contributed by atoms with Gasteiger partial charge in [0, 0.05) is 6.54 Å². The number of benzene rings is 1. The highest BCUT2D eigenvalue weighted by molar-refractivity contribution is 7.13. The van der Waals surface area contributed by atoms with Crippen LogP contribution in [0.15, 0.2) is 41.8 Å². The minimum atomic E-state index is 0.704. The van der Waals surface area contributed by atoms with Gasteiger partial charge < -0.3 is 9.88 Å². The average Bonchev–Trinajstić information content (AvgIpc) is 3.16. The van der Waals surface area contributed by atoms with E-state index in [1.54, 1.807) is 11.3 Å². The van der Waals surface area contributed by atoms with E-state index >= 15 is 0 Å². The number of aromatic nitrogens is 2. The van der Waals surface area contributed by atoms with Crippen molar-refractivity contribution in [1.29, 1.82) is 0 Å². The van der Waals surface area contributed by atoms with Gasteiger partial charge in [-0.3, -0.25) is 0 Å². The normalized spacial score (nSPS) is 19.1. The van der Waals surface area contributed by atoms with Gasteiger partial charge in [0.05, 0.1) is 15.9 Å². The number of fused-ring (bicyclic) bond motifs is 1. The van der Waals surface area contributed by atoms with Crippen LogP contribution in [0.3, 0.4) is 0 Å². The predicted molar refractivity (Wildman–Crippen MR) is 88.6 cm³/mol. The minimum absolute atomic E-state index is 0.704. The Labute approximate surface area is 128 Å². The summed E-state index contributed by atoms with van der Waals surface area (Å²) in [7, 11) is 0. The van der Waals surface area contributed by atoms with Gasteiger partial charge in [-0.15, -0.1) is 11.3 Å². The van der Waals surface area contributed by atoms with E-state index < -0.39 is 0 Å². The molecule has 3 heterocycles. The molecule has 1 unspecified atom stereocenters. The first kappa shape index (κ1) is 13.0. The van der Waals surface area contributed by atoms with Crippen LogP contribution in [0.2, 0.25) is 0 Å². The van der Waals surface area contributed by atoms with Gasteiger partial charge in [-0.2, -0.15) is 0 Å². The van der Waals surface area contributed by atoms with Gasteiger partial charge >= 0.3 is 0 Å². The van der Waals surface area contributed by atoms with Crippen molar-refractivity contribution in [3.8, 4) is 10.7 Å². The Balaban J connectivity index is 1.78. The fourth-order valence-electron chi connectivity index (χ4n) is 3.19. The molecule has 3 aromatic rings. The standard InChI is InChI=1S/C17H19N3S/c1-2-7-15-14(6-1)19-17(16-8-4-10-21-16)20(15)12-13-5-3-9-18-11-13/h1-2,4,6-8,10,13,18H,3,5,9,11-12H2. The van der Waals surface area contributed by atoms with Crippen molar-refractivity contribution < 1.29 is 0 Å². The number of imidazole rings is 1. The van der Waals surface area contributed by atoms with Gasteiger partial charge in [0.25, 0.3) is 0 Å². The van der Waals surface area contributed by atoms with Crippen LogP contribution in [0, 0.1) is 5.92 Å². The molecular formula is C17H19N3S. The number of piperidine rings is 1. The molecule has 0 saturated carbocycles. The Hall–Kier alpha value is -1.65. The summed E-state index contributed by atoms with van der Waals surface area (Å²) in [5.41, 5.74) is 2.36. The lowest BCUT2D eigenvalue weighted by atomic mass is 9.99. The summed E-state index contributed by atoms with van der Waals surface area (Å²) >= 11 is 1.77. The van der Waals surface area contributed by atoms with Crippen LogP contribution in [0.1, 0.15) is 12.8 Å². The lowest BCUT2D eigenvalue weighted by Crippen LogP contribution is -2.32. The van der Waals surface area contributed by atoms with Crippen LogP contribution >= 0.6 is 11.3 Å². The molecule has 0 radical (unpaired) electrons. The quantitative estimate of drug-likeness (QED) is 0.797. The minimum Gasteiger partial charge on any atom is -0.323 e. The zero-order chi connectivity index (χ0) is 14.1. The van der Waals surface area contributed by atoms with Gasteiger partial charge in [0.1, 0.15) is 0 Å². The van der Waals surface area contributed by atoms with E-state index in [0.717, 1.165) is 24.4 Å². The molecule has 1 saturated heterocycles. The van der Waals surface area contributed by atoms with E-state index in [1.807, 2.05) is 0 Å². The van der Waals surface area contributed by atoms with Crippen LogP contribution in [0.4, 0.5) is 0 Å². The van der Waals surface area contributed by atoms with Gasteiger partial charge in [-0.25, -0.2) is 4.98 Å². The van der Waals surface area contributed by atoms with E-state index in [9.17, 15) is 0 Å². The van der Waals surface area contributed by atoms with Crippen molar-refractivity contribution in [2.45, 2.75) is 19.4 Å². The molecule has 1 fully saturated rings. The molecule has 108 valence electrons. The Morgan fingerprint density at radius 2 is 2.19 bits per heavy atom. The Kier molecular flexibility index (Phi) is 3.49. The molecule has 1 aliphatic rings. The molecular weight excluding hydrogens is 278 g/mol. The maximum absolute atomic E-state index is 4.87. The van der Waals surface area contributed by atoms with Gasteiger partial charge in [-0.1, -0.05) is 18.2 Å². The SMILES string of the molecule is c1csc(-c2nc3ccccc3n2CC2CCCNC2)c1. The molecule has 1 N–H and O–H groups in total. The van der Waals surface area contributed by atoms with Crippen molar-refractivity contribution in [1.82, 2.24) is 14.9 Å². The Morgan fingerprint density at radius 3 is 3.00 bits per heavy atom. The first-order valence-electron chi connectivity index (χ1n) is 7.62. The molecule has 4 heteroatoms. The zero-order valence-corrected chi connectivity index (χ0v) is 12.8. The van der Waals surface area contributed by atoms with Crippen LogP contribution < -0.4 is 5.32 Å². The predicted octanol–water partition coefficient (Wildman–Crippen LogP) is 3.76. The summed E-state index contributed by atoms with van der Waals surface area (Å²) in [6.45, 7) is 3.34. The van der Waals surface area contributed by atoms with Gasteiger partial charge in [0.2, 0.25) is 0 Å². The molecule has 21 heavy (non-hydrogen) atoms. The number of nitrogens with zero attached hydrogens (tertiary/aromatic N) is 2. The number of hydrogen-bond acceptors (Lipinski definition) is 3. The van der Waals surface area contributed by atoms with Crippen LogP contribution in [0.5, 0.6) is 0 Å². The Bertz CT molecular complexity index is 724. The molecule has 0 aliphatic carbocycles. The summed E-state index contributed by atoms with van der Waals surface area (Å²) < 4.78 is 2.42. The van der Waals surface area contributed by atoms with Crippen molar-refractivity contribution >= 4 is 22.4 Å². The third-order valence-electron chi connectivity index (χ3n) is 4.24. The molecule has 1 aliphatic heterocycles. The molecule has 4 rings (SSSR count). The first-order valence-corrected chi connectivity index (χ1v) is 8.49. The smallest absolute Gasteiger partial charge is 0.151 e. The summed E-state index contributed by atoms with van der Waals surface area (Å²) in [4.78, 5) is 6.13. The highest BCUT2D eigenvalue weighted by Gasteiger charge is 2.18. The van der Waals surface area contributed by atoms with Crippen molar-refractivity contribution in [2.24, 2.45) is 5.92 Å². The molecule has 2 aromatic heterocycles. The third-order valence-corrected chi connectivity index (χ3v) is 5.10. The average molecular weight is 297 g/mol. The van der Waals surface area contributed by atoms with E-state index in [4.69, 9.17) is 4.98 Å². The van der Waals surface area contributed by atoms with Gasteiger partial charge in [-0.05, 0) is 55.4 Å². The fraction of sp³-hybridized carbons (Fsp3) is 0.353. The lowest BCUT2D eigenvalue weighted by molar-refractivity contribution is 0.341. The van der Waals surface area contributed by atoms with E-state index in [-0.39, 0.29) is 0 Å². The van der Waals surface area contributed by atoms with Crippen LogP contribution in [-0.4, -0.2) is 22.6 Å².